The number of benzene rings is 1. The van der Waals surface area contributed by atoms with Gasteiger partial charge in [0.05, 0.1) is 0 Å². The number of likely N-dealkylation sites (tertiary alicyclic amines) is 1. The van der Waals surface area contributed by atoms with E-state index >= 15 is 0 Å². The molecule has 1 atom stereocenters. The lowest BCUT2D eigenvalue weighted by Gasteiger charge is -2.32. The minimum Gasteiger partial charge on any atom is -0.480 e. The number of carboxylic acid groups (broad SMARTS) is 1. The zero-order chi connectivity index (χ0) is 13.1. The topological polar surface area (TPSA) is 40.5 Å². The molecule has 1 aliphatic rings. The Balaban J connectivity index is 2.31. The summed E-state index contributed by atoms with van der Waals surface area (Å²) in [5, 5.41) is 9.96. The standard InChI is InChI=1S/C13H15BrClNO2/c14-9-4-5-10(11(15)8-9)12(13(17)18)16-6-2-1-3-7-16/h4-5,8,12H,1-3,6-7H2,(H,17,18). The van der Waals surface area contributed by atoms with E-state index in [1.807, 2.05) is 11.0 Å². The first kappa shape index (κ1) is 13.8. The molecule has 2 rings (SSSR count). The van der Waals surface area contributed by atoms with E-state index < -0.39 is 12.0 Å². The molecule has 0 aromatic heterocycles. The van der Waals surface area contributed by atoms with E-state index in [0.29, 0.717) is 10.6 Å². The lowest BCUT2D eigenvalue weighted by Crippen LogP contribution is -2.38. The molecule has 18 heavy (non-hydrogen) atoms. The van der Waals surface area contributed by atoms with Crippen molar-refractivity contribution in [3.05, 3.63) is 33.3 Å². The molecule has 0 saturated carbocycles. The first-order valence-corrected chi connectivity index (χ1v) is 7.18. The Labute approximate surface area is 120 Å². The van der Waals surface area contributed by atoms with Gasteiger partial charge in [-0.05, 0) is 43.6 Å². The Kier molecular flexibility index (Phi) is 4.65. The van der Waals surface area contributed by atoms with Gasteiger partial charge in [-0.1, -0.05) is 40.0 Å². The zero-order valence-corrected chi connectivity index (χ0v) is 12.2. The summed E-state index contributed by atoms with van der Waals surface area (Å²) >= 11 is 9.50. The maximum atomic E-state index is 11.5. The highest BCUT2D eigenvalue weighted by Crippen LogP contribution is 2.31. The summed E-state index contributed by atoms with van der Waals surface area (Å²) in [4.78, 5) is 13.5. The van der Waals surface area contributed by atoms with Gasteiger partial charge in [-0.3, -0.25) is 9.69 Å². The molecule has 1 aromatic rings. The number of carbonyl (C=O) groups is 1. The second kappa shape index (κ2) is 6.04. The second-order valence-electron chi connectivity index (χ2n) is 4.50. The number of carboxylic acids is 1. The van der Waals surface area contributed by atoms with Crippen LogP contribution in [0.5, 0.6) is 0 Å². The minimum atomic E-state index is -0.832. The molecule has 1 aliphatic heterocycles. The molecule has 0 bridgehead atoms. The van der Waals surface area contributed by atoms with E-state index in [-0.39, 0.29) is 0 Å². The lowest BCUT2D eigenvalue weighted by atomic mass is 10.0. The van der Waals surface area contributed by atoms with Crippen LogP contribution in [-0.2, 0) is 4.79 Å². The highest BCUT2D eigenvalue weighted by Gasteiger charge is 2.29. The van der Waals surface area contributed by atoms with Gasteiger partial charge in [0, 0.05) is 9.50 Å². The van der Waals surface area contributed by atoms with Crippen LogP contribution in [0.4, 0.5) is 0 Å². The average molecular weight is 333 g/mol. The molecule has 1 N–H and O–H groups in total. The van der Waals surface area contributed by atoms with Crippen molar-refractivity contribution >= 4 is 33.5 Å². The molecule has 0 aliphatic carbocycles. The number of hydrogen-bond acceptors (Lipinski definition) is 2. The van der Waals surface area contributed by atoms with E-state index in [0.717, 1.165) is 30.4 Å². The molecule has 1 fully saturated rings. The molecule has 1 saturated heterocycles. The van der Waals surface area contributed by atoms with Gasteiger partial charge >= 0.3 is 5.97 Å². The highest BCUT2D eigenvalue weighted by molar-refractivity contribution is 9.10. The van der Waals surface area contributed by atoms with E-state index in [1.54, 1.807) is 12.1 Å². The van der Waals surface area contributed by atoms with Gasteiger partial charge < -0.3 is 5.11 Å². The first-order valence-electron chi connectivity index (χ1n) is 6.01. The molecule has 98 valence electrons. The van der Waals surface area contributed by atoms with Gasteiger partial charge in [-0.25, -0.2) is 0 Å². The molecule has 0 radical (unpaired) electrons. The van der Waals surface area contributed by atoms with Gasteiger partial charge in [0.2, 0.25) is 0 Å². The second-order valence-corrected chi connectivity index (χ2v) is 5.83. The fraction of sp³-hybridized carbons (Fsp3) is 0.462. The Bertz CT molecular complexity index is 447. The molecule has 0 amide bonds. The highest BCUT2D eigenvalue weighted by atomic mass is 79.9. The van der Waals surface area contributed by atoms with E-state index in [4.69, 9.17) is 11.6 Å². The van der Waals surface area contributed by atoms with Crippen molar-refractivity contribution in [1.82, 2.24) is 4.90 Å². The van der Waals surface area contributed by atoms with Crippen molar-refractivity contribution in [3.63, 3.8) is 0 Å². The summed E-state index contributed by atoms with van der Waals surface area (Å²) < 4.78 is 0.860. The number of aliphatic carboxylic acids is 1. The summed E-state index contributed by atoms with van der Waals surface area (Å²) in [5.41, 5.74) is 0.675. The Hall–Kier alpha value is -0.580. The Morgan fingerprint density at radius 3 is 2.56 bits per heavy atom. The average Bonchev–Trinajstić information content (AvgIpc) is 2.33. The van der Waals surface area contributed by atoms with Crippen LogP contribution in [0.15, 0.2) is 22.7 Å². The van der Waals surface area contributed by atoms with Gasteiger partial charge in [0.25, 0.3) is 0 Å². The third kappa shape index (κ3) is 3.05. The van der Waals surface area contributed by atoms with E-state index in [2.05, 4.69) is 15.9 Å². The number of halogens is 2. The van der Waals surface area contributed by atoms with Crippen LogP contribution in [0.1, 0.15) is 30.9 Å². The van der Waals surface area contributed by atoms with Crippen molar-refractivity contribution < 1.29 is 9.90 Å². The van der Waals surface area contributed by atoms with Crippen molar-refractivity contribution in [2.45, 2.75) is 25.3 Å². The zero-order valence-electron chi connectivity index (χ0n) is 9.90. The maximum absolute atomic E-state index is 11.5. The summed E-state index contributed by atoms with van der Waals surface area (Å²) in [5.74, 6) is -0.832. The van der Waals surface area contributed by atoms with Crippen molar-refractivity contribution in [1.29, 1.82) is 0 Å². The van der Waals surface area contributed by atoms with Crippen LogP contribution in [0, 0.1) is 0 Å². The monoisotopic (exact) mass is 331 g/mol. The normalized spacial score (nSPS) is 18.6. The first-order chi connectivity index (χ1) is 8.59. The van der Waals surface area contributed by atoms with Gasteiger partial charge in [0.15, 0.2) is 0 Å². The summed E-state index contributed by atoms with van der Waals surface area (Å²) in [6.07, 6.45) is 3.28. The van der Waals surface area contributed by atoms with E-state index in [1.165, 1.54) is 6.42 Å². The van der Waals surface area contributed by atoms with Gasteiger partial charge in [-0.15, -0.1) is 0 Å². The minimum absolute atomic E-state index is 0.502. The number of piperidine rings is 1. The van der Waals surface area contributed by atoms with Gasteiger partial charge in [-0.2, -0.15) is 0 Å². The Morgan fingerprint density at radius 2 is 2.00 bits per heavy atom. The molecule has 1 heterocycles. The lowest BCUT2D eigenvalue weighted by molar-refractivity contribution is -0.144. The molecule has 1 aromatic carbocycles. The van der Waals surface area contributed by atoms with Crippen molar-refractivity contribution in [3.8, 4) is 0 Å². The molecule has 1 unspecified atom stereocenters. The largest absolute Gasteiger partial charge is 0.480 e. The third-order valence-corrected chi connectivity index (χ3v) is 4.07. The Morgan fingerprint density at radius 1 is 1.33 bits per heavy atom. The van der Waals surface area contributed by atoms with Crippen molar-refractivity contribution in [2.24, 2.45) is 0 Å². The maximum Gasteiger partial charge on any atom is 0.325 e. The molecule has 0 spiro atoms. The molecule has 5 heteroatoms. The third-order valence-electron chi connectivity index (χ3n) is 3.25. The summed E-state index contributed by atoms with van der Waals surface area (Å²) in [6, 6.07) is 4.74. The fourth-order valence-electron chi connectivity index (χ4n) is 2.39. The van der Waals surface area contributed by atoms with E-state index in [9.17, 15) is 9.90 Å². The number of rotatable bonds is 3. The fourth-order valence-corrected chi connectivity index (χ4v) is 3.16. The predicted octanol–water partition coefficient (Wildman–Crippen LogP) is 3.71. The number of nitrogens with zero attached hydrogens (tertiary/aromatic N) is 1. The van der Waals surface area contributed by atoms with Gasteiger partial charge in [0.1, 0.15) is 6.04 Å². The van der Waals surface area contributed by atoms with Crippen LogP contribution in [-0.4, -0.2) is 29.1 Å². The van der Waals surface area contributed by atoms with Crippen LogP contribution >= 0.6 is 27.5 Å². The molecule has 3 nitrogen and oxygen atoms in total. The number of hydrogen-bond donors (Lipinski definition) is 1. The quantitative estimate of drug-likeness (QED) is 0.917. The molecular formula is C13H15BrClNO2. The van der Waals surface area contributed by atoms with Crippen LogP contribution in [0.3, 0.4) is 0 Å². The van der Waals surface area contributed by atoms with Crippen LogP contribution < -0.4 is 0 Å². The summed E-state index contributed by atoms with van der Waals surface area (Å²) in [7, 11) is 0. The van der Waals surface area contributed by atoms with Crippen LogP contribution in [0.2, 0.25) is 5.02 Å². The van der Waals surface area contributed by atoms with Crippen LogP contribution in [0.25, 0.3) is 0 Å². The summed E-state index contributed by atoms with van der Waals surface area (Å²) in [6.45, 7) is 1.65. The molecular weight excluding hydrogens is 318 g/mol. The smallest absolute Gasteiger partial charge is 0.325 e. The SMILES string of the molecule is O=C(O)C(c1ccc(Br)cc1Cl)N1CCCCC1. The predicted molar refractivity (Wildman–Crippen MR) is 75.0 cm³/mol. The van der Waals surface area contributed by atoms with Crippen molar-refractivity contribution in [2.75, 3.05) is 13.1 Å².